The fraction of sp³-hybridized carbons (Fsp3) is 0.0400. The van der Waals surface area contributed by atoms with Gasteiger partial charge in [0.1, 0.15) is 5.82 Å². The zero-order valence-electron chi connectivity index (χ0n) is 16.4. The van der Waals surface area contributed by atoms with Crippen molar-refractivity contribution in [2.24, 2.45) is 0 Å². The van der Waals surface area contributed by atoms with E-state index in [1.54, 1.807) is 30.5 Å². The molecule has 2 heterocycles. The molecule has 5 rings (SSSR count). The van der Waals surface area contributed by atoms with Gasteiger partial charge in [0.25, 0.3) is 0 Å². The monoisotopic (exact) mass is 408 g/mol. The largest absolute Gasteiger partial charge is 0.318 e. The van der Waals surface area contributed by atoms with Crippen molar-refractivity contribution in [2.45, 2.75) is 6.17 Å². The molecule has 1 aliphatic heterocycles. The number of hydrogen-bond acceptors (Lipinski definition) is 5. The van der Waals surface area contributed by atoms with Gasteiger partial charge in [-0.15, -0.1) is 0 Å². The smallest absolute Gasteiger partial charge is 0.157 e. The number of hydroxylamine groups is 2. The van der Waals surface area contributed by atoms with E-state index in [-0.39, 0.29) is 5.82 Å². The number of nitriles is 1. The van der Waals surface area contributed by atoms with Crippen LogP contribution in [0.3, 0.4) is 0 Å². The van der Waals surface area contributed by atoms with Crippen LogP contribution >= 0.6 is 0 Å². The van der Waals surface area contributed by atoms with Crippen LogP contribution in [0.2, 0.25) is 0 Å². The molecule has 1 aliphatic rings. The predicted octanol–water partition coefficient (Wildman–Crippen LogP) is 5.45. The van der Waals surface area contributed by atoms with E-state index >= 15 is 0 Å². The van der Waals surface area contributed by atoms with E-state index in [1.807, 2.05) is 53.6 Å². The Morgan fingerprint density at radius 2 is 1.68 bits per heavy atom. The molecule has 0 saturated carbocycles. The second kappa shape index (κ2) is 7.56. The number of anilines is 1. The number of rotatable bonds is 3. The molecule has 0 spiro atoms. The number of para-hydroxylation sites is 1. The van der Waals surface area contributed by atoms with Crippen LogP contribution in [0.25, 0.3) is 16.6 Å². The van der Waals surface area contributed by atoms with Crippen molar-refractivity contribution < 1.29 is 9.60 Å². The summed E-state index contributed by atoms with van der Waals surface area (Å²) in [6.45, 7) is 0. The first-order chi connectivity index (χ1) is 15.2. The SMILES string of the molecule is N#Cc1ccc(C2N(O)C(c3ccc(F)cc3)=CN2c2ccnc3ccccc23)cc1. The highest BCUT2D eigenvalue weighted by molar-refractivity contribution is 5.93. The van der Waals surface area contributed by atoms with E-state index in [2.05, 4.69) is 11.1 Å². The molecular formula is C25H17FN4O. The van der Waals surface area contributed by atoms with Crippen molar-refractivity contribution in [2.75, 3.05) is 4.90 Å². The summed E-state index contributed by atoms with van der Waals surface area (Å²) >= 11 is 0. The van der Waals surface area contributed by atoms with Crippen molar-refractivity contribution in [3.8, 4) is 6.07 Å². The Morgan fingerprint density at radius 1 is 0.935 bits per heavy atom. The maximum Gasteiger partial charge on any atom is 0.157 e. The third-order valence-corrected chi connectivity index (χ3v) is 5.39. The van der Waals surface area contributed by atoms with Gasteiger partial charge in [-0.2, -0.15) is 5.26 Å². The molecule has 4 aromatic rings. The maximum atomic E-state index is 13.5. The molecule has 0 aliphatic carbocycles. The van der Waals surface area contributed by atoms with E-state index in [9.17, 15) is 9.60 Å². The number of pyridine rings is 1. The number of aromatic nitrogens is 1. The van der Waals surface area contributed by atoms with E-state index in [0.717, 1.165) is 22.2 Å². The third kappa shape index (κ3) is 3.27. The van der Waals surface area contributed by atoms with Crippen molar-refractivity contribution in [3.05, 3.63) is 114 Å². The van der Waals surface area contributed by atoms with Crippen LogP contribution < -0.4 is 4.90 Å². The van der Waals surface area contributed by atoms with Crippen molar-refractivity contribution in [3.63, 3.8) is 0 Å². The summed E-state index contributed by atoms with van der Waals surface area (Å²) in [6.07, 6.45) is 3.01. The highest BCUT2D eigenvalue weighted by Gasteiger charge is 2.35. The van der Waals surface area contributed by atoms with Gasteiger partial charge < -0.3 is 4.90 Å². The minimum Gasteiger partial charge on any atom is -0.318 e. The Hall–Kier alpha value is -4.21. The Bertz CT molecular complexity index is 1320. The highest BCUT2D eigenvalue weighted by atomic mass is 19.1. The number of halogens is 1. The fourth-order valence-electron chi connectivity index (χ4n) is 3.88. The molecule has 6 heteroatoms. The van der Waals surface area contributed by atoms with Gasteiger partial charge in [0.2, 0.25) is 0 Å². The van der Waals surface area contributed by atoms with E-state index in [1.165, 1.54) is 17.2 Å². The molecule has 5 nitrogen and oxygen atoms in total. The summed E-state index contributed by atoms with van der Waals surface area (Å²) in [5.41, 5.74) is 4.27. The summed E-state index contributed by atoms with van der Waals surface area (Å²) in [7, 11) is 0. The van der Waals surface area contributed by atoms with Gasteiger partial charge >= 0.3 is 0 Å². The van der Waals surface area contributed by atoms with Gasteiger partial charge in [0, 0.05) is 23.3 Å². The van der Waals surface area contributed by atoms with Gasteiger partial charge in [-0.3, -0.25) is 10.2 Å². The minimum absolute atomic E-state index is 0.340. The highest BCUT2D eigenvalue weighted by Crippen LogP contribution is 2.42. The third-order valence-electron chi connectivity index (χ3n) is 5.39. The molecule has 1 unspecified atom stereocenters. The molecule has 0 bridgehead atoms. The summed E-state index contributed by atoms with van der Waals surface area (Å²) in [5.74, 6) is -0.340. The topological polar surface area (TPSA) is 63.4 Å². The lowest BCUT2D eigenvalue weighted by Crippen LogP contribution is -2.29. The van der Waals surface area contributed by atoms with E-state index in [0.29, 0.717) is 16.8 Å². The van der Waals surface area contributed by atoms with Crippen LogP contribution in [0.1, 0.15) is 22.9 Å². The lowest BCUT2D eigenvalue weighted by atomic mass is 10.1. The first-order valence-electron chi connectivity index (χ1n) is 9.74. The lowest BCUT2D eigenvalue weighted by molar-refractivity contribution is -0.0573. The Kier molecular flexibility index (Phi) is 4.58. The zero-order chi connectivity index (χ0) is 21.4. The predicted molar refractivity (Wildman–Crippen MR) is 116 cm³/mol. The lowest BCUT2D eigenvalue weighted by Gasteiger charge is -2.31. The van der Waals surface area contributed by atoms with E-state index < -0.39 is 6.17 Å². The molecular weight excluding hydrogens is 391 g/mol. The standard InChI is InChI=1S/C25H17FN4O/c26-20-11-9-18(10-12-20)24-16-29(23-13-14-28-22-4-2-1-3-21(22)23)25(30(24)31)19-7-5-17(15-27)6-8-19/h1-14,16,25,31H. The maximum absolute atomic E-state index is 13.5. The minimum atomic E-state index is -0.571. The van der Waals surface area contributed by atoms with Crippen LogP contribution in [-0.4, -0.2) is 15.3 Å². The Morgan fingerprint density at radius 3 is 2.42 bits per heavy atom. The second-order valence-corrected chi connectivity index (χ2v) is 7.23. The Balaban J connectivity index is 1.68. The average molecular weight is 408 g/mol. The molecule has 3 aromatic carbocycles. The number of fused-ring (bicyclic) bond motifs is 1. The first-order valence-corrected chi connectivity index (χ1v) is 9.74. The molecule has 1 N–H and O–H groups in total. The van der Waals surface area contributed by atoms with Gasteiger partial charge in [-0.1, -0.05) is 30.3 Å². The van der Waals surface area contributed by atoms with Crippen molar-refractivity contribution >= 4 is 22.3 Å². The van der Waals surface area contributed by atoms with Crippen LogP contribution in [0, 0.1) is 17.1 Å². The van der Waals surface area contributed by atoms with Crippen LogP contribution in [-0.2, 0) is 0 Å². The van der Waals surface area contributed by atoms with Crippen LogP contribution in [0.5, 0.6) is 0 Å². The normalized spacial score (nSPS) is 15.8. The van der Waals surface area contributed by atoms with Crippen molar-refractivity contribution in [1.29, 1.82) is 5.26 Å². The number of benzene rings is 3. The molecule has 31 heavy (non-hydrogen) atoms. The molecule has 0 radical (unpaired) electrons. The van der Waals surface area contributed by atoms with Gasteiger partial charge in [0.15, 0.2) is 6.17 Å². The fourth-order valence-corrected chi connectivity index (χ4v) is 3.88. The molecule has 1 aromatic heterocycles. The first kappa shape index (κ1) is 18.8. The zero-order valence-corrected chi connectivity index (χ0v) is 16.4. The molecule has 1 atom stereocenters. The van der Waals surface area contributed by atoms with E-state index in [4.69, 9.17) is 5.26 Å². The summed E-state index contributed by atoms with van der Waals surface area (Å²) in [6, 6.07) is 24.9. The molecule has 150 valence electrons. The number of nitrogens with zero attached hydrogens (tertiary/aromatic N) is 4. The summed E-state index contributed by atoms with van der Waals surface area (Å²) < 4.78 is 13.5. The van der Waals surface area contributed by atoms with Crippen LogP contribution in [0.15, 0.2) is 91.3 Å². The number of hydrogen-bond donors (Lipinski definition) is 1. The van der Waals surface area contributed by atoms with Gasteiger partial charge in [0.05, 0.1) is 28.5 Å². The summed E-state index contributed by atoms with van der Waals surface area (Å²) in [4.78, 5) is 6.40. The molecule has 0 fully saturated rings. The second-order valence-electron chi connectivity index (χ2n) is 7.23. The molecule has 0 saturated heterocycles. The average Bonchev–Trinajstić information content (AvgIpc) is 3.16. The van der Waals surface area contributed by atoms with Crippen molar-refractivity contribution in [1.82, 2.24) is 10.0 Å². The molecule has 0 amide bonds. The Labute approximate surface area is 178 Å². The van der Waals surface area contributed by atoms with Gasteiger partial charge in [-0.25, -0.2) is 9.45 Å². The van der Waals surface area contributed by atoms with Crippen LogP contribution in [0.4, 0.5) is 10.1 Å². The summed E-state index contributed by atoms with van der Waals surface area (Å²) in [5, 5.41) is 22.5. The quantitative estimate of drug-likeness (QED) is 0.488. The van der Waals surface area contributed by atoms with Gasteiger partial charge in [-0.05, 0) is 54.1 Å².